The number of hydrogen-bond donors (Lipinski definition) is 1. The Labute approximate surface area is 149 Å². The second kappa shape index (κ2) is 6.51. The zero-order valence-electron chi connectivity index (χ0n) is 12.9. The Morgan fingerprint density at radius 3 is 2.50 bits per heavy atom. The molecular formula is C16H14ClN3O2S2. The molecule has 0 unspecified atom stereocenters. The number of benzene rings is 2. The minimum absolute atomic E-state index is 0.181. The van der Waals surface area contributed by atoms with Crippen LogP contribution in [-0.4, -0.2) is 17.8 Å². The van der Waals surface area contributed by atoms with E-state index < -0.39 is 10.0 Å². The highest BCUT2D eigenvalue weighted by molar-refractivity contribution is 7.93. The molecular weight excluding hydrogens is 366 g/mol. The van der Waals surface area contributed by atoms with E-state index in [9.17, 15) is 8.42 Å². The van der Waals surface area contributed by atoms with Gasteiger partial charge in [0.15, 0.2) is 5.82 Å². The van der Waals surface area contributed by atoms with Crippen molar-refractivity contribution in [3.63, 3.8) is 0 Å². The largest absolute Gasteiger partial charge is 0.263 e. The summed E-state index contributed by atoms with van der Waals surface area (Å²) in [5.74, 6) is 0.488. The summed E-state index contributed by atoms with van der Waals surface area (Å²) in [6.07, 6.45) is 0. The lowest BCUT2D eigenvalue weighted by Crippen LogP contribution is -2.14. The molecule has 8 heteroatoms. The molecule has 0 saturated heterocycles. The van der Waals surface area contributed by atoms with Crippen molar-refractivity contribution in [3.8, 4) is 11.4 Å². The number of hydrogen-bond acceptors (Lipinski definition) is 5. The molecule has 0 spiro atoms. The molecule has 0 aliphatic carbocycles. The summed E-state index contributed by atoms with van der Waals surface area (Å²) >= 11 is 7.03. The zero-order valence-corrected chi connectivity index (χ0v) is 15.3. The fourth-order valence-corrected chi connectivity index (χ4v) is 4.53. The maximum atomic E-state index is 12.6. The number of halogens is 1. The predicted molar refractivity (Wildman–Crippen MR) is 97.1 cm³/mol. The number of rotatable bonds is 4. The van der Waals surface area contributed by atoms with Gasteiger partial charge in [0.1, 0.15) is 0 Å². The first-order chi connectivity index (χ1) is 11.4. The van der Waals surface area contributed by atoms with Crippen LogP contribution in [0.15, 0.2) is 47.4 Å². The maximum absolute atomic E-state index is 12.6. The van der Waals surface area contributed by atoms with Gasteiger partial charge in [0.2, 0.25) is 5.13 Å². The number of sulfonamides is 1. The summed E-state index contributed by atoms with van der Waals surface area (Å²) in [6.45, 7) is 3.47. The van der Waals surface area contributed by atoms with Crippen LogP contribution in [0.1, 0.15) is 11.1 Å². The van der Waals surface area contributed by atoms with Gasteiger partial charge in [0.25, 0.3) is 10.0 Å². The minimum Gasteiger partial charge on any atom is -0.253 e. The lowest BCUT2D eigenvalue weighted by atomic mass is 10.2. The fraction of sp³-hybridized carbons (Fsp3) is 0.125. The third kappa shape index (κ3) is 3.43. The van der Waals surface area contributed by atoms with Gasteiger partial charge in [-0.25, -0.2) is 8.42 Å². The van der Waals surface area contributed by atoms with Crippen LogP contribution in [-0.2, 0) is 10.0 Å². The van der Waals surface area contributed by atoms with Crippen molar-refractivity contribution >= 4 is 38.3 Å². The molecule has 1 aromatic heterocycles. The van der Waals surface area contributed by atoms with E-state index in [0.717, 1.165) is 17.1 Å². The fourth-order valence-electron chi connectivity index (χ4n) is 2.18. The summed E-state index contributed by atoms with van der Waals surface area (Å²) in [5.41, 5.74) is 2.11. The van der Waals surface area contributed by atoms with Crippen molar-refractivity contribution in [1.82, 2.24) is 9.36 Å². The Kier molecular flexibility index (Phi) is 4.58. The molecule has 0 amide bonds. The normalized spacial score (nSPS) is 11.5. The Bertz CT molecular complexity index is 986. The molecule has 0 aliphatic rings. The lowest BCUT2D eigenvalue weighted by molar-refractivity contribution is 0.600. The molecule has 1 N–H and O–H groups in total. The zero-order chi connectivity index (χ0) is 17.3. The summed E-state index contributed by atoms with van der Waals surface area (Å²) in [7, 11) is -3.75. The van der Waals surface area contributed by atoms with E-state index in [2.05, 4.69) is 14.1 Å². The number of aromatic nitrogens is 2. The van der Waals surface area contributed by atoms with Gasteiger partial charge in [-0.3, -0.25) is 4.72 Å². The highest BCUT2D eigenvalue weighted by Crippen LogP contribution is 2.27. The quantitative estimate of drug-likeness (QED) is 0.734. The van der Waals surface area contributed by atoms with E-state index in [1.165, 1.54) is 0 Å². The van der Waals surface area contributed by atoms with Gasteiger partial charge >= 0.3 is 0 Å². The molecule has 24 heavy (non-hydrogen) atoms. The van der Waals surface area contributed by atoms with Gasteiger partial charge in [-0.1, -0.05) is 41.9 Å². The van der Waals surface area contributed by atoms with E-state index in [-0.39, 0.29) is 10.0 Å². The Morgan fingerprint density at radius 1 is 1.08 bits per heavy atom. The van der Waals surface area contributed by atoms with E-state index >= 15 is 0 Å². The molecule has 0 saturated carbocycles. The summed E-state index contributed by atoms with van der Waals surface area (Å²) < 4.78 is 31.9. The SMILES string of the molecule is Cc1cc(S(=O)(=O)Nc2nc(-c3ccccc3)ns2)c(C)cc1Cl. The molecule has 3 aromatic rings. The third-order valence-electron chi connectivity index (χ3n) is 3.43. The number of nitrogens with zero attached hydrogens (tertiary/aromatic N) is 2. The molecule has 0 radical (unpaired) electrons. The molecule has 1 heterocycles. The molecule has 3 rings (SSSR count). The average molecular weight is 380 g/mol. The topological polar surface area (TPSA) is 72.0 Å². The van der Waals surface area contributed by atoms with Crippen molar-refractivity contribution in [2.75, 3.05) is 4.72 Å². The smallest absolute Gasteiger partial charge is 0.253 e. The van der Waals surface area contributed by atoms with Crippen molar-refractivity contribution in [2.24, 2.45) is 0 Å². The van der Waals surface area contributed by atoms with Crippen LogP contribution in [0.3, 0.4) is 0 Å². The highest BCUT2D eigenvalue weighted by atomic mass is 35.5. The van der Waals surface area contributed by atoms with E-state index in [4.69, 9.17) is 11.6 Å². The Balaban J connectivity index is 1.91. The maximum Gasteiger partial charge on any atom is 0.263 e. The molecule has 0 fully saturated rings. The lowest BCUT2D eigenvalue weighted by Gasteiger charge is -2.10. The van der Waals surface area contributed by atoms with Crippen LogP contribution in [0.2, 0.25) is 5.02 Å². The van der Waals surface area contributed by atoms with Crippen LogP contribution >= 0.6 is 23.1 Å². The van der Waals surface area contributed by atoms with E-state index in [1.807, 2.05) is 30.3 Å². The molecule has 0 atom stereocenters. The van der Waals surface area contributed by atoms with Crippen LogP contribution < -0.4 is 4.72 Å². The first kappa shape index (κ1) is 16.9. The second-order valence-corrected chi connectivity index (χ2v) is 8.07. The number of anilines is 1. The van der Waals surface area contributed by atoms with Gasteiger partial charge in [-0.2, -0.15) is 9.36 Å². The molecule has 0 aliphatic heterocycles. The van der Waals surface area contributed by atoms with Crippen LogP contribution in [0.25, 0.3) is 11.4 Å². The Hall–Kier alpha value is -1.96. The van der Waals surface area contributed by atoms with Gasteiger partial charge in [0.05, 0.1) is 4.90 Å². The van der Waals surface area contributed by atoms with Crippen molar-refractivity contribution < 1.29 is 8.42 Å². The van der Waals surface area contributed by atoms with Crippen LogP contribution in [0.4, 0.5) is 5.13 Å². The third-order valence-corrected chi connectivity index (χ3v) is 6.07. The summed E-state index contributed by atoms with van der Waals surface area (Å²) in [6, 6.07) is 12.6. The average Bonchev–Trinajstić information content (AvgIpc) is 2.99. The summed E-state index contributed by atoms with van der Waals surface area (Å²) in [5, 5.41) is 0.759. The van der Waals surface area contributed by atoms with Gasteiger partial charge < -0.3 is 0 Å². The number of nitrogens with one attached hydrogen (secondary N) is 1. The van der Waals surface area contributed by atoms with Crippen molar-refractivity contribution in [2.45, 2.75) is 18.7 Å². The Morgan fingerprint density at radius 2 is 1.79 bits per heavy atom. The van der Waals surface area contributed by atoms with Crippen molar-refractivity contribution in [1.29, 1.82) is 0 Å². The summed E-state index contributed by atoms with van der Waals surface area (Å²) in [4.78, 5) is 4.43. The van der Waals surface area contributed by atoms with Gasteiger partial charge in [-0.15, -0.1) is 0 Å². The molecule has 5 nitrogen and oxygen atoms in total. The van der Waals surface area contributed by atoms with Gasteiger partial charge in [0, 0.05) is 22.1 Å². The monoisotopic (exact) mass is 379 g/mol. The van der Waals surface area contributed by atoms with E-state index in [0.29, 0.717) is 22.0 Å². The van der Waals surface area contributed by atoms with E-state index in [1.54, 1.807) is 26.0 Å². The highest BCUT2D eigenvalue weighted by Gasteiger charge is 2.20. The molecule has 124 valence electrons. The minimum atomic E-state index is -3.75. The standard InChI is InChI=1S/C16H14ClN3O2S2/c1-10-9-14(11(2)8-13(10)17)24(21,22)20-16-18-15(19-23-16)12-6-4-3-5-7-12/h3-9H,1-2H3,(H,18,19,20). The number of aryl methyl sites for hydroxylation is 2. The van der Waals surface area contributed by atoms with Crippen molar-refractivity contribution in [3.05, 3.63) is 58.6 Å². The second-order valence-electron chi connectivity index (χ2n) is 5.26. The van der Waals surface area contributed by atoms with Gasteiger partial charge in [-0.05, 0) is 37.1 Å². The van der Waals surface area contributed by atoms with Crippen LogP contribution in [0, 0.1) is 13.8 Å². The molecule has 2 aromatic carbocycles. The molecule has 0 bridgehead atoms. The van der Waals surface area contributed by atoms with Crippen LogP contribution in [0.5, 0.6) is 0 Å². The first-order valence-corrected chi connectivity index (χ1v) is 9.69. The first-order valence-electron chi connectivity index (χ1n) is 7.05. The predicted octanol–water partition coefficient (Wildman–Crippen LogP) is 4.28.